The largest absolute Gasteiger partial charge is 0.507 e. The molecule has 1 aliphatic heterocycles. The molecule has 9 heteroatoms. The van der Waals surface area contributed by atoms with Crippen LogP contribution in [0.2, 0.25) is 0 Å². The first-order valence-corrected chi connectivity index (χ1v) is 10.9. The Morgan fingerprint density at radius 3 is 2.37 bits per heavy atom. The summed E-state index contributed by atoms with van der Waals surface area (Å²) in [7, 11) is 0. The van der Waals surface area contributed by atoms with E-state index in [2.05, 4.69) is 5.32 Å². The Morgan fingerprint density at radius 1 is 1.06 bits per heavy atom. The molecule has 0 spiro atoms. The van der Waals surface area contributed by atoms with Crippen molar-refractivity contribution in [1.82, 2.24) is 5.32 Å². The van der Waals surface area contributed by atoms with Gasteiger partial charge in [0.05, 0.1) is 11.1 Å². The average Bonchev–Trinajstić information content (AvgIpc) is 3.07. The van der Waals surface area contributed by atoms with Crippen LogP contribution in [0.25, 0.3) is 0 Å². The number of carbonyl (C=O) groups is 3. The van der Waals surface area contributed by atoms with Gasteiger partial charge in [0.1, 0.15) is 34.0 Å². The molecule has 0 saturated heterocycles. The molecule has 2 aromatic carbocycles. The summed E-state index contributed by atoms with van der Waals surface area (Å²) in [4.78, 5) is 38.9. The van der Waals surface area contributed by atoms with Crippen LogP contribution < -0.4 is 10.1 Å². The molecule has 0 bridgehead atoms. The molecule has 0 fully saturated rings. The number of aromatic hydroxyl groups is 4. The van der Waals surface area contributed by atoms with E-state index in [0.29, 0.717) is 18.7 Å². The van der Waals surface area contributed by atoms with Crippen molar-refractivity contribution in [3.05, 3.63) is 63.6 Å². The van der Waals surface area contributed by atoms with Gasteiger partial charge in [-0.15, -0.1) is 0 Å². The minimum atomic E-state index is -1.57. The maximum Gasteiger partial charge on any atom is 0.194 e. The van der Waals surface area contributed by atoms with Gasteiger partial charge in [0.25, 0.3) is 0 Å². The molecular formula is C26H25NO8. The molecular weight excluding hydrogens is 454 g/mol. The van der Waals surface area contributed by atoms with Crippen molar-refractivity contribution >= 4 is 17.3 Å². The lowest BCUT2D eigenvalue weighted by Gasteiger charge is -2.29. The van der Waals surface area contributed by atoms with Gasteiger partial charge in [-0.25, -0.2) is 0 Å². The van der Waals surface area contributed by atoms with Crippen molar-refractivity contribution in [2.75, 3.05) is 6.54 Å². The first-order valence-electron chi connectivity index (χ1n) is 10.9. The van der Waals surface area contributed by atoms with Crippen LogP contribution in [0.3, 0.4) is 0 Å². The molecule has 0 saturated carbocycles. The number of nitrogens with one attached hydrogen (secondary N) is 1. The van der Waals surface area contributed by atoms with Crippen molar-refractivity contribution < 1.29 is 39.5 Å². The van der Waals surface area contributed by atoms with Crippen LogP contribution in [-0.2, 0) is 21.4 Å². The SMILES string of the molecule is CC(=O)c1c(O)c(C)c(O)c2c1OC1=CC(=O)C(=C(C)NCCc3ccc(O)c(O)c3)C(=O)C12C. The smallest absolute Gasteiger partial charge is 0.194 e. The van der Waals surface area contributed by atoms with E-state index in [9.17, 15) is 34.8 Å². The van der Waals surface area contributed by atoms with Crippen molar-refractivity contribution in [2.45, 2.75) is 39.5 Å². The molecule has 35 heavy (non-hydrogen) atoms. The number of carbonyl (C=O) groups excluding carboxylic acids is 3. The van der Waals surface area contributed by atoms with Crippen molar-refractivity contribution in [3.8, 4) is 28.7 Å². The lowest BCUT2D eigenvalue weighted by atomic mass is 9.70. The quantitative estimate of drug-likeness (QED) is 0.188. The Morgan fingerprint density at radius 2 is 1.74 bits per heavy atom. The zero-order chi connectivity index (χ0) is 25.8. The lowest BCUT2D eigenvalue weighted by molar-refractivity contribution is -0.123. The topological polar surface area (TPSA) is 153 Å². The second-order valence-corrected chi connectivity index (χ2v) is 8.89. The summed E-state index contributed by atoms with van der Waals surface area (Å²) in [5.41, 5.74) is -0.739. The summed E-state index contributed by atoms with van der Waals surface area (Å²) in [6.45, 7) is 6.07. The number of ether oxygens (including phenoxy) is 1. The minimum absolute atomic E-state index is 0.0265. The molecule has 1 aliphatic carbocycles. The fraction of sp³-hybridized carbons (Fsp3) is 0.269. The molecule has 0 radical (unpaired) electrons. The van der Waals surface area contributed by atoms with Gasteiger partial charge in [-0.1, -0.05) is 6.07 Å². The summed E-state index contributed by atoms with van der Waals surface area (Å²) in [6, 6.07) is 4.44. The van der Waals surface area contributed by atoms with E-state index in [1.807, 2.05) is 0 Å². The highest BCUT2D eigenvalue weighted by Crippen LogP contribution is 2.57. The lowest BCUT2D eigenvalue weighted by Crippen LogP contribution is -2.41. The van der Waals surface area contributed by atoms with E-state index < -0.39 is 28.5 Å². The molecule has 1 atom stereocenters. The fourth-order valence-corrected chi connectivity index (χ4v) is 4.57. The number of phenols is 4. The molecule has 5 N–H and O–H groups in total. The standard InChI is InChI=1S/C26H25NO8/c1-11-22(32)20(13(3)28)24-21(23(11)33)26(4)18(35-24)10-17(31)19(25(26)34)12(2)27-8-7-14-5-6-15(29)16(30)9-14/h5-6,9-10,27,29-30,32-33H,7-8H2,1-4H3. The van der Waals surface area contributed by atoms with Crippen LogP contribution >= 0.6 is 0 Å². The van der Waals surface area contributed by atoms with Gasteiger partial charge in [-0.2, -0.15) is 0 Å². The third kappa shape index (κ3) is 3.51. The molecule has 0 amide bonds. The molecule has 4 rings (SSSR count). The van der Waals surface area contributed by atoms with Crippen LogP contribution in [0, 0.1) is 6.92 Å². The number of hydrogen-bond donors (Lipinski definition) is 5. The van der Waals surface area contributed by atoms with Gasteiger partial charge in [-0.05, 0) is 51.8 Å². The van der Waals surface area contributed by atoms with E-state index in [4.69, 9.17) is 4.74 Å². The number of rotatable bonds is 5. The summed E-state index contributed by atoms with van der Waals surface area (Å²) in [5.74, 6) is -3.17. The van der Waals surface area contributed by atoms with Gasteiger partial charge in [-0.3, -0.25) is 14.4 Å². The monoisotopic (exact) mass is 479 g/mol. The second kappa shape index (κ2) is 8.19. The molecule has 182 valence electrons. The normalized spacial score (nSPS) is 20.1. The highest BCUT2D eigenvalue weighted by atomic mass is 16.5. The third-order valence-electron chi connectivity index (χ3n) is 6.60. The number of phenolic OH excluding ortho intramolecular Hbond substituents is 4. The summed E-state index contributed by atoms with van der Waals surface area (Å²) in [5, 5.41) is 43.4. The van der Waals surface area contributed by atoms with E-state index >= 15 is 0 Å². The zero-order valence-corrected chi connectivity index (χ0v) is 19.6. The van der Waals surface area contributed by atoms with E-state index in [-0.39, 0.29) is 51.0 Å². The van der Waals surface area contributed by atoms with Gasteiger partial charge in [0.15, 0.2) is 28.8 Å². The predicted molar refractivity (Wildman–Crippen MR) is 125 cm³/mol. The van der Waals surface area contributed by atoms with Crippen LogP contribution in [-0.4, -0.2) is 44.3 Å². The minimum Gasteiger partial charge on any atom is -0.507 e. The zero-order valence-electron chi connectivity index (χ0n) is 19.6. The number of allylic oxidation sites excluding steroid dienone is 4. The van der Waals surface area contributed by atoms with Crippen molar-refractivity contribution in [2.24, 2.45) is 0 Å². The Labute approximate surface area is 201 Å². The second-order valence-electron chi connectivity index (χ2n) is 8.89. The highest BCUT2D eigenvalue weighted by molar-refractivity contribution is 6.31. The van der Waals surface area contributed by atoms with Crippen LogP contribution in [0.15, 0.2) is 41.3 Å². The Hall–Kier alpha value is -4.27. The predicted octanol–water partition coefficient (Wildman–Crippen LogP) is 2.81. The summed E-state index contributed by atoms with van der Waals surface area (Å²) in [6.07, 6.45) is 1.60. The Kier molecular flexibility index (Phi) is 5.59. The number of hydrogen-bond acceptors (Lipinski definition) is 9. The van der Waals surface area contributed by atoms with Gasteiger partial charge < -0.3 is 30.5 Å². The third-order valence-corrected chi connectivity index (χ3v) is 6.60. The first-order chi connectivity index (χ1) is 16.4. The van der Waals surface area contributed by atoms with Crippen molar-refractivity contribution in [3.63, 3.8) is 0 Å². The molecule has 1 unspecified atom stereocenters. The molecule has 2 aromatic rings. The van der Waals surface area contributed by atoms with Crippen molar-refractivity contribution in [1.29, 1.82) is 0 Å². The maximum absolute atomic E-state index is 13.7. The maximum atomic E-state index is 13.7. The number of Topliss-reactive ketones (excluding diaryl/α,β-unsaturated/α-hetero) is 2. The van der Waals surface area contributed by atoms with Crippen LogP contribution in [0.5, 0.6) is 28.7 Å². The Balaban J connectivity index is 1.72. The molecule has 0 aromatic heterocycles. The van der Waals surface area contributed by atoms with Gasteiger partial charge in [0, 0.05) is 23.9 Å². The molecule has 2 aliphatic rings. The first kappa shape index (κ1) is 23.9. The fourth-order valence-electron chi connectivity index (χ4n) is 4.57. The number of benzene rings is 2. The van der Waals surface area contributed by atoms with Crippen LogP contribution in [0.1, 0.15) is 47.8 Å². The summed E-state index contributed by atoms with van der Waals surface area (Å²) >= 11 is 0. The van der Waals surface area contributed by atoms with Gasteiger partial charge in [0.2, 0.25) is 0 Å². The molecule has 1 heterocycles. The number of fused-ring (bicyclic) bond motifs is 3. The van der Waals surface area contributed by atoms with E-state index in [1.54, 1.807) is 13.0 Å². The molecule has 9 nitrogen and oxygen atoms in total. The van der Waals surface area contributed by atoms with Gasteiger partial charge >= 0.3 is 0 Å². The van der Waals surface area contributed by atoms with Crippen LogP contribution in [0.4, 0.5) is 0 Å². The average molecular weight is 479 g/mol. The van der Waals surface area contributed by atoms with E-state index in [0.717, 1.165) is 11.6 Å². The van der Waals surface area contributed by atoms with E-state index in [1.165, 1.54) is 32.9 Å². The number of ketones is 3. The summed E-state index contributed by atoms with van der Waals surface area (Å²) < 4.78 is 5.74. The highest BCUT2D eigenvalue weighted by Gasteiger charge is 2.56. The Bertz CT molecular complexity index is 1380.